The molecule has 0 bridgehead atoms. The number of amides is 1. The second-order valence-corrected chi connectivity index (χ2v) is 4.94. The maximum Gasteiger partial charge on any atom is 0.230 e. The van der Waals surface area contributed by atoms with Crippen LogP contribution in [0.3, 0.4) is 0 Å². The molecule has 0 aromatic heterocycles. The lowest BCUT2D eigenvalue weighted by molar-refractivity contribution is -0.124. The summed E-state index contributed by atoms with van der Waals surface area (Å²) in [5.41, 5.74) is 5.37. The van der Waals surface area contributed by atoms with Gasteiger partial charge in [-0.05, 0) is 26.7 Å². The quantitative estimate of drug-likeness (QED) is 0.686. The molecule has 0 spiro atoms. The molecule has 0 aliphatic carbocycles. The number of nitrogens with one attached hydrogen (secondary N) is 1. The molecule has 1 unspecified atom stereocenters. The summed E-state index contributed by atoms with van der Waals surface area (Å²) in [6.07, 6.45) is 2.51. The third kappa shape index (κ3) is 5.11. The molecule has 0 radical (unpaired) electrons. The van der Waals surface area contributed by atoms with Crippen LogP contribution in [-0.4, -0.2) is 16.4 Å². The highest BCUT2D eigenvalue weighted by atomic mass is 32.1. The second kappa shape index (κ2) is 6.05. The van der Waals surface area contributed by atoms with Crippen molar-refractivity contribution in [1.82, 2.24) is 5.32 Å². The van der Waals surface area contributed by atoms with E-state index >= 15 is 0 Å². The zero-order valence-corrected chi connectivity index (χ0v) is 10.9. The number of carbonyl (C=O) groups excluding carboxylic acids is 1. The van der Waals surface area contributed by atoms with Crippen molar-refractivity contribution in [3.05, 3.63) is 0 Å². The Morgan fingerprint density at radius 3 is 2.33 bits per heavy atom. The van der Waals surface area contributed by atoms with Gasteiger partial charge in [0.15, 0.2) is 0 Å². The van der Waals surface area contributed by atoms with Crippen molar-refractivity contribution in [2.75, 3.05) is 0 Å². The number of nitrogens with two attached hydrogens (primary N) is 1. The van der Waals surface area contributed by atoms with Crippen LogP contribution in [-0.2, 0) is 4.79 Å². The van der Waals surface area contributed by atoms with Gasteiger partial charge in [-0.2, -0.15) is 0 Å². The summed E-state index contributed by atoms with van der Waals surface area (Å²) < 4.78 is 0. The predicted octanol–water partition coefficient (Wildman–Crippen LogP) is 1.99. The third-order valence-corrected chi connectivity index (χ3v) is 2.87. The Morgan fingerprint density at radius 1 is 1.47 bits per heavy atom. The van der Waals surface area contributed by atoms with Gasteiger partial charge in [-0.3, -0.25) is 4.79 Å². The van der Waals surface area contributed by atoms with Gasteiger partial charge >= 0.3 is 0 Å². The van der Waals surface area contributed by atoms with Crippen LogP contribution in [0.1, 0.15) is 47.0 Å². The zero-order valence-electron chi connectivity index (χ0n) is 10.1. The van der Waals surface area contributed by atoms with E-state index in [-0.39, 0.29) is 17.4 Å². The van der Waals surface area contributed by atoms with Gasteiger partial charge in [-0.15, -0.1) is 0 Å². The minimum Gasteiger partial charge on any atom is -0.393 e. The normalized spacial score (nSPS) is 13.3. The van der Waals surface area contributed by atoms with Crippen LogP contribution in [0.5, 0.6) is 0 Å². The summed E-state index contributed by atoms with van der Waals surface area (Å²) in [5.74, 6) is -0.368. The summed E-state index contributed by atoms with van der Waals surface area (Å²) in [7, 11) is 0. The van der Waals surface area contributed by atoms with Crippen molar-refractivity contribution in [3.8, 4) is 0 Å². The minimum absolute atomic E-state index is 0.0452. The first-order chi connectivity index (χ1) is 6.84. The molecule has 15 heavy (non-hydrogen) atoms. The molecule has 1 atom stereocenters. The van der Waals surface area contributed by atoms with Gasteiger partial charge in [0.1, 0.15) is 0 Å². The maximum atomic E-state index is 11.9. The van der Waals surface area contributed by atoms with E-state index in [0.29, 0.717) is 4.99 Å². The first-order valence-corrected chi connectivity index (χ1v) is 5.86. The summed E-state index contributed by atoms with van der Waals surface area (Å²) in [4.78, 5) is 12.2. The SMILES string of the molecule is CCCC(C(=O)NC(C)(C)CC)C(N)=S. The number of hydrogen-bond donors (Lipinski definition) is 2. The van der Waals surface area contributed by atoms with Gasteiger partial charge in [0, 0.05) is 5.54 Å². The highest BCUT2D eigenvalue weighted by Crippen LogP contribution is 2.12. The third-order valence-electron chi connectivity index (χ3n) is 2.58. The van der Waals surface area contributed by atoms with E-state index in [0.717, 1.165) is 19.3 Å². The lowest BCUT2D eigenvalue weighted by Gasteiger charge is -2.27. The first kappa shape index (κ1) is 14.4. The van der Waals surface area contributed by atoms with E-state index in [2.05, 4.69) is 5.32 Å². The van der Waals surface area contributed by atoms with Gasteiger partial charge < -0.3 is 11.1 Å². The van der Waals surface area contributed by atoms with E-state index < -0.39 is 0 Å². The Bertz CT molecular complexity index is 239. The molecule has 0 aromatic carbocycles. The van der Waals surface area contributed by atoms with Crippen molar-refractivity contribution < 1.29 is 4.79 Å². The lowest BCUT2D eigenvalue weighted by Crippen LogP contribution is -2.48. The first-order valence-electron chi connectivity index (χ1n) is 5.45. The molecule has 0 heterocycles. The van der Waals surface area contributed by atoms with Crippen LogP contribution in [0.4, 0.5) is 0 Å². The molecule has 0 rings (SSSR count). The van der Waals surface area contributed by atoms with Crippen molar-refractivity contribution in [3.63, 3.8) is 0 Å². The number of carbonyl (C=O) groups is 1. The number of rotatable bonds is 6. The molecule has 1 amide bonds. The Balaban J connectivity index is 4.45. The van der Waals surface area contributed by atoms with Crippen LogP contribution >= 0.6 is 12.2 Å². The summed E-state index contributed by atoms with van der Waals surface area (Å²) >= 11 is 4.90. The van der Waals surface area contributed by atoms with Crippen molar-refractivity contribution in [2.45, 2.75) is 52.5 Å². The predicted molar refractivity (Wildman–Crippen MR) is 67.7 cm³/mol. The number of thiocarbonyl (C=S) groups is 1. The van der Waals surface area contributed by atoms with Gasteiger partial charge in [-0.25, -0.2) is 0 Å². The molecular weight excluding hydrogens is 208 g/mol. The smallest absolute Gasteiger partial charge is 0.230 e. The van der Waals surface area contributed by atoms with Crippen LogP contribution in [0.25, 0.3) is 0 Å². The van der Waals surface area contributed by atoms with E-state index in [4.69, 9.17) is 18.0 Å². The van der Waals surface area contributed by atoms with E-state index in [1.54, 1.807) is 0 Å². The van der Waals surface area contributed by atoms with Gasteiger partial charge in [0.2, 0.25) is 5.91 Å². The van der Waals surface area contributed by atoms with E-state index in [1.165, 1.54) is 0 Å². The Labute approximate surface area is 97.8 Å². The molecule has 0 fully saturated rings. The average Bonchev–Trinajstić information content (AvgIpc) is 2.12. The van der Waals surface area contributed by atoms with Gasteiger partial charge in [-0.1, -0.05) is 32.5 Å². The van der Waals surface area contributed by atoms with Gasteiger partial charge in [0.25, 0.3) is 0 Å². The lowest BCUT2D eigenvalue weighted by atomic mass is 9.97. The molecule has 0 saturated heterocycles. The fraction of sp³-hybridized carbons (Fsp3) is 0.818. The molecule has 0 saturated carbocycles. The summed E-state index contributed by atoms with van der Waals surface area (Å²) in [6.45, 7) is 8.04. The Kier molecular flexibility index (Phi) is 5.80. The summed E-state index contributed by atoms with van der Waals surface area (Å²) in [6, 6.07) is 0. The second-order valence-electron chi connectivity index (χ2n) is 4.47. The topological polar surface area (TPSA) is 55.1 Å². The standard InChI is InChI=1S/C11H22N2OS/c1-5-7-8(9(12)15)10(14)13-11(3,4)6-2/h8H,5-7H2,1-4H3,(H2,12,15)(H,13,14). The molecule has 0 aliphatic rings. The molecule has 3 N–H and O–H groups in total. The molecule has 3 nitrogen and oxygen atoms in total. The highest BCUT2D eigenvalue weighted by Gasteiger charge is 2.25. The molecule has 0 aromatic rings. The van der Waals surface area contributed by atoms with Crippen LogP contribution in [0.15, 0.2) is 0 Å². The monoisotopic (exact) mass is 230 g/mol. The van der Waals surface area contributed by atoms with Crippen molar-refractivity contribution in [1.29, 1.82) is 0 Å². The molecule has 88 valence electrons. The highest BCUT2D eigenvalue weighted by molar-refractivity contribution is 7.80. The van der Waals surface area contributed by atoms with Crippen molar-refractivity contribution in [2.24, 2.45) is 11.7 Å². The minimum atomic E-state index is -0.323. The van der Waals surface area contributed by atoms with Crippen LogP contribution in [0.2, 0.25) is 0 Å². The fourth-order valence-corrected chi connectivity index (χ4v) is 1.43. The zero-order chi connectivity index (χ0) is 12.1. The molecule has 0 aliphatic heterocycles. The van der Waals surface area contributed by atoms with E-state index in [1.807, 2.05) is 27.7 Å². The molecule has 4 heteroatoms. The van der Waals surface area contributed by atoms with Crippen LogP contribution in [0, 0.1) is 5.92 Å². The van der Waals surface area contributed by atoms with E-state index in [9.17, 15) is 4.79 Å². The maximum absolute atomic E-state index is 11.9. The van der Waals surface area contributed by atoms with Crippen LogP contribution < -0.4 is 11.1 Å². The largest absolute Gasteiger partial charge is 0.393 e. The Morgan fingerprint density at radius 2 is 2.00 bits per heavy atom. The number of hydrogen-bond acceptors (Lipinski definition) is 2. The molecular formula is C11H22N2OS. The summed E-state index contributed by atoms with van der Waals surface area (Å²) in [5, 5.41) is 2.97. The fourth-order valence-electron chi connectivity index (χ4n) is 1.20. The van der Waals surface area contributed by atoms with Crippen molar-refractivity contribution >= 4 is 23.1 Å². The Hall–Kier alpha value is -0.640. The van der Waals surface area contributed by atoms with Gasteiger partial charge in [0.05, 0.1) is 10.9 Å². The average molecular weight is 230 g/mol.